The molecule has 9 heteroatoms. The van der Waals surface area contributed by atoms with E-state index in [4.69, 9.17) is 14.9 Å². The van der Waals surface area contributed by atoms with Gasteiger partial charge >= 0.3 is 6.18 Å². The fourth-order valence-electron chi connectivity index (χ4n) is 1.82. The maximum atomic E-state index is 12.0. The van der Waals surface area contributed by atoms with Gasteiger partial charge in [0.25, 0.3) is 5.69 Å². The van der Waals surface area contributed by atoms with Gasteiger partial charge in [-0.2, -0.15) is 13.2 Å². The van der Waals surface area contributed by atoms with Crippen molar-refractivity contribution in [1.29, 1.82) is 0 Å². The number of nitro groups is 1. The molecule has 0 saturated carbocycles. The second kappa shape index (κ2) is 9.00. The average Bonchev–Trinajstić information content (AvgIpc) is 2.60. The summed E-state index contributed by atoms with van der Waals surface area (Å²) in [5.74, 6) is 0.406. The number of halogens is 3. The lowest BCUT2D eigenvalue weighted by molar-refractivity contribution is -0.385. The molecule has 0 amide bonds. The van der Waals surface area contributed by atoms with E-state index in [0.29, 0.717) is 5.75 Å². The first-order chi connectivity index (χ1) is 11.7. The highest BCUT2D eigenvalue weighted by molar-refractivity contribution is 5.45. The first-order valence-electron chi connectivity index (χ1n) is 6.92. The van der Waals surface area contributed by atoms with E-state index >= 15 is 0 Å². The largest absolute Gasteiger partial charge is 0.497 e. The van der Waals surface area contributed by atoms with E-state index in [9.17, 15) is 23.3 Å². The number of aliphatic hydroxyl groups is 2. The van der Waals surface area contributed by atoms with Crippen molar-refractivity contribution in [3.05, 3.63) is 69.3 Å². The Morgan fingerprint density at radius 1 is 1.12 bits per heavy atom. The van der Waals surface area contributed by atoms with Gasteiger partial charge in [-0.05, 0) is 29.8 Å². The summed E-state index contributed by atoms with van der Waals surface area (Å²) < 4.78 is 40.9. The van der Waals surface area contributed by atoms with Gasteiger partial charge in [0.1, 0.15) is 5.75 Å². The zero-order valence-corrected chi connectivity index (χ0v) is 13.2. The van der Waals surface area contributed by atoms with Crippen LogP contribution >= 0.6 is 0 Å². The summed E-state index contributed by atoms with van der Waals surface area (Å²) in [6.07, 6.45) is -4.33. The molecule has 0 bridgehead atoms. The lowest BCUT2D eigenvalue weighted by Gasteiger charge is -2.06. The molecule has 0 aliphatic carbocycles. The van der Waals surface area contributed by atoms with Crippen molar-refractivity contribution in [2.75, 3.05) is 7.11 Å². The molecule has 0 unspecified atom stereocenters. The molecule has 0 aromatic heterocycles. The molecule has 0 aliphatic rings. The number of hydrogen-bond acceptors (Lipinski definition) is 5. The molecule has 0 heterocycles. The van der Waals surface area contributed by atoms with Crippen molar-refractivity contribution < 1.29 is 33.0 Å². The number of nitro benzene ring substituents is 1. The monoisotopic (exact) mass is 359 g/mol. The van der Waals surface area contributed by atoms with Crippen molar-refractivity contribution in [2.45, 2.75) is 19.4 Å². The fraction of sp³-hybridized carbons (Fsp3) is 0.250. The first-order valence-corrected chi connectivity index (χ1v) is 6.92. The predicted molar refractivity (Wildman–Crippen MR) is 82.9 cm³/mol. The molecular weight excluding hydrogens is 343 g/mol. The standard InChI is InChI=1S/C8H7F3O.C8H9NO4/c9-8(10,11)7-3-1-2-6(4-7)5-12;1-13-7-3-2-6(5-10)8(4-7)9(11)12/h1-4,12H,5H2;2-4,10H,5H2,1H3. The van der Waals surface area contributed by atoms with E-state index in [1.54, 1.807) is 6.07 Å². The molecule has 0 fully saturated rings. The molecule has 136 valence electrons. The van der Waals surface area contributed by atoms with Crippen LogP contribution in [0, 0.1) is 10.1 Å². The summed E-state index contributed by atoms with van der Waals surface area (Å²) in [4.78, 5) is 9.94. The van der Waals surface area contributed by atoms with E-state index in [1.165, 1.54) is 31.4 Å². The van der Waals surface area contributed by atoms with Crippen LogP contribution in [-0.2, 0) is 19.4 Å². The van der Waals surface area contributed by atoms with E-state index in [-0.39, 0.29) is 30.0 Å². The Kier molecular flexibility index (Phi) is 7.34. The first kappa shape index (κ1) is 20.4. The lowest BCUT2D eigenvalue weighted by atomic mass is 10.1. The molecule has 2 rings (SSSR count). The minimum atomic E-state index is -4.33. The summed E-state index contributed by atoms with van der Waals surface area (Å²) in [6, 6.07) is 8.93. The highest BCUT2D eigenvalue weighted by Gasteiger charge is 2.30. The van der Waals surface area contributed by atoms with E-state index in [2.05, 4.69) is 0 Å². The molecule has 25 heavy (non-hydrogen) atoms. The Bertz CT molecular complexity index is 719. The van der Waals surface area contributed by atoms with Gasteiger partial charge in [0.2, 0.25) is 0 Å². The Morgan fingerprint density at radius 3 is 2.28 bits per heavy atom. The number of nitrogens with zero attached hydrogens (tertiary/aromatic N) is 1. The average molecular weight is 359 g/mol. The molecule has 6 nitrogen and oxygen atoms in total. The SMILES string of the molecule is COc1ccc(CO)c([N+](=O)[O-])c1.OCc1cccc(C(F)(F)F)c1. The zero-order valence-electron chi connectivity index (χ0n) is 13.2. The highest BCUT2D eigenvalue weighted by Crippen LogP contribution is 2.29. The fourth-order valence-corrected chi connectivity index (χ4v) is 1.82. The Morgan fingerprint density at radius 2 is 1.80 bits per heavy atom. The quantitative estimate of drug-likeness (QED) is 0.645. The minimum absolute atomic E-state index is 0.123. The second-order valence-corrected chi connectivity index (χ2v) is 4.77. The van der Waals surface area contributed by atoms with Crippen LogP contribution in [0.3, 0.4) is 0 Å². The normalized spacial score (nSPS) is 10.6. The molecule has 0 aliphatic heterocycles. The van der Waals surface area contributed by atoms with Crippen LogP contribution in [0.15, 0.2) is 42.5 Å². The van der Waals surface area contributed by atoms with Gasteiger partial charge < -0.3 is 14.9 Å². The highest BCUT2D eigenvalue weighted by atomic mass is 19.4. The van der Waals surface area contributed by atoms with Crippen LogP contribution in [0.5, 0.6) is 5.75 Å². The molecule has 2 N–H and O–H groups in total. The third-order valence-corrected chi connectivity index (χ3v) is 3.10. The van der Waals surface area contributed by atoms with Crippen LogP contribution in [0.4, 0.5) is 18.9 Å². The number of rotatable bonds is 4. The molecule has 0 spiro atoms. The molecule has 2 aromatic carbocycles. The van der Waals surface area contributed by atoms with Gasteiger partial charge in [-0.1, -0.05) is 12.1 Å². The molecule has 0 atom stereocenters. The smallest absolute Gasteiger partial charge is 0.416 e. The molecule has 0 saturated heterocycles. The Labute approximate surface area is 141 Å². The third kappa shape index (κ3) is 6.05. The zero-order chi connectivity index (χ0) is 19.0. The van der Waals surface area contributed by atoms with Crippen LogP contribution in [-0.4, -0.2) is 22.2 Å². The second-order valence-electron chi connectivity index (χ2n) is 4.77. The Balaban J connectivity index is 0.000000251. The van der Waals surface area contributed by atoms with Crippen molar-refractivity contribution in [3.63, 3.8) is 0 Å². The molecular formula is C16H16F3NO5. The van der Waals surface area contributed by atoms with Gasteiger partial charge in [-0.3, -0.25) is 10.1 Å². The number of aliphatic hydroxyl groups excluding tert-OH is 2. The maximum Gasteiger partial charge on any atom is 0.416 e. The number of methoxy groups -OCH3 is 1. The Hall–Kier alpha value is -2.65. The van der Waals surface area contributed by atoms with Crippen LogP contribution in [0.2, 0.25) is 0 Å². The van der Waals surface area contributed by atoms with Crippen molar-refractivity contribution >= 4 is 5.69 Å². The van der Waals surface area contributed by atoms with E-state index < -0.39 is 16.7 Å². The number of hydrogen-bond donors (Lipinski definition) is 2. The van der Waals surface area contributed by atoms with Crippen LogP contribution in [0.25, 0.3) is 0 Å². The number of benzene rings is 2. The van der Waals surface area contributed by atoms with Gasteiger partial charge in [-0.25, -0.2) is 0 Å². The van der Waals surface area contributed by atoms with Crippen molar-refractivity contribution in [2.24, 2.45) is 0 Å². The maximum absolute atomic E-state index is 12.0. The van der Waals surface area contributed by atoms with Gasteiger partial charge in [0.05, 0.1) is 42.4 Å². The predicted octanol–water partition coefficient (Wildman–Crippen LogP) is 3.29. The minimum Gasteiger partial charge on any atom is -0.497 e. The topological polar surface area (TPSA) is 92.8 Å². The lowest BCUT2D eigenvalue weighted by Crippen LogP contribution is -2.05. The summed E-state index contributed by atoms with van der Waals surface area (Å²) in [5, 5.41) is 27.8. The molecule has 2 aromatic rings. The van der Waals surface area contributed by atoms with Gasteiger partial charge in [0, 0.05) is 0 Å². The van der Waals surface area contributed by atoms with Gasteiger partial charge in [-0.15, -0.1) is 0 Å². The number of alkyl halides is 3. The van der Waals surface area contributed by atoms with Crippen LogP contribution in [0.1, 0.15) is 16.7 Å². The van der Waals surface area contributed by atoms with E-state index in [1.807, 2.05) is 0 Å². The summed E-state index contributed by atoms with van der Waals surface area (Å²) in [6.45, 7) is -0.718. The third-order valence-electron chi connectivity index (χ3n) is 3.10. The molecule has 0 radical (unpaired) electrons. The summed E-state index contributed by atoms with van der Waals surface area (Å²) >= 11 is 0. The van der Waals surface area contributed by atoms with E-state index in [0.717, 1.165) is 12.1 Å². The van der Waals surface area contributed by atoms with Crippen molar-refractivity contribution in [1.82, 2.24) is 0 Å². The number of ether oxygens (including phenoxy) is 1. The summed E-state index contributed by atoms with van der Waals surface area (Å²) in [5.41, 5.74) is -0.300. The van der Waals surface area contributed by atoms with Crippen LogP contribution < -0.4 is 4.74 Å². The summed E-state index contributed by atoms with van der Waals surface area (Å²) in [7, 11) is 1.43. The van der Waals surface area contributed by atoms with Gasteiger partial charge in [0.15, 0.2) is 0 Å². The van der Waals surface area contributed by atoms with Crippen molar-refractivity contribution in [3.8, 4) is 5.75 Å².